The van der Waals surface area contributed by atoms with Gasteiger partial charge in [0.2, 0.25) is 5.91 Å². The van der Waals surface area contributed by atoms with Crippen molar-refractivity contribution in [3.05, 3.63) is 39.9 Å². The first-order valence-electron chi connectivity index (χ1n) is 5.08. The average Bonchev–Trinajstić information content (AvgIpc) is 2.35. The molecule has 0 bridgehead atoms. The molecule has 1 rings (SSSR count). The Bertz CT molecular complexity index is 420. The van der Waals surface area contributed by atoms with Gasteiger partial charge in [0.25, 0.3) is 5.69 Å². The van der Waals surface area contributed by atoms with Gasteiger partial charge in [-0.25, -0.2) is 0 Å². The van der Waals surface area contributed by atoms with E-state index in [4.69, 9.17) is 4.74 Å². The number of hydrogen-bond donors (Lipinski definition) is 1. The number of carbonyl (C=O) groups is 1. The topological polar surface area (TPSA) is 81.5 Å². The molecule has 92 valence electrons. The maximum absolute atomic E-state index is 11.4. The van der Waals surface area contributed by atoms with Gasteiger partial charge in [0.05, 0.1) is 4.92 Å². The van der Waals surface area contributed by atoms with E-state index in [9.17, 15) is 14.9 Å². The number of ether oxygens (including phenoxy) is 1. The van der Waals surface area contributed by atoms with Crippen LogP contribution in [0.2, 0.25) is 0 Å². The summed E-state index contributed by atoms with van der Waals surface area (Å²) in [7, 11) is 1.44. The van der Waals surface area contributed by atoms with Crippen molar-refractivity contribution in [1.82, 2.24) is 5.32 Å². The highest BCUT2D eigenvalue weighted by molar-refractivity contribution is 5.80. The van der Waals surface area contributed by atoms with Crippen molar-refractivity contribution in [3.8, 4) is 0 Å². The van der Waals surface area contributed by atoms with Crippen molar-refractivity contribution in [3.63, 3.8) is 0 Å². The second-order valence-electron chi connectivity index (χ2n) is 3.52. The summed E-state index contributed by atoms with van der Waals surface area (Å²) >= 11 is 0. The predicted molar refractivity (Wildman–Crippen MR) is 61.4 cm³/mol. The maximum atomic E-state index is 11.4. The largest absolute Gasteiger partial charge is 0.372 e. The van der Waals surface area contributed by atoms with Crippen molar-refractivity contribution in [2.45, 2.75) is 19.6 Å². The quantitative estimate of drug-likeness (QED) is 0.618. The zero-order valence-corrected chi connectivity index (χ0v) is 9.67. The maximum Gasteiger partial charge on any atom is 0.269 e. The molecule has 0 aliphatic carbocycles. The Labute approximate surface area is 98.7 Å². The van der Waals surface area contributed by atoms with E-state index in [0.717, 1.165) is 0 Å². The van der Waals surface area contributed by atoms with E-state index < -0.39 is 11.0 Å². The lowest BCUT2D eigenvalue weighted by Crippen LogP contribution is -2.33. The average molecular weight is 238 g/mol. The standard InChI is InChI=1S/C11H14N2O4/c1-8(17-2)11(14)12-7-9-4-3-5-10(6-9)13(15)16/h3-6,8H,7H2,1-2H3,(H,12,14). The second-order valence-corrected chi connectivity index (χ2v) is 3.52. The van der Waals surface area contributed by atoms with Crippen LogP contribution in [0.15, 0.2) is 24.3 Å². The number of methoxy groups -OCH3 is 1. The first-order chi connectivity index (χ1) is 8.04. The molecule has 1 aromatic rings. The molecule has 0 saturated carbocycles. The van der Waals surface area contributed by atoms with E-state index in [1.54, 1.807) is 19.1 Å². The van der Waals surface area contributed by atoms with Gasteiger partial charge in [-0.05, 0) is 12.5 Å². The highest BCUT2D eigenvalue weighted by Gasteiger charge is 2.11. The van der Waals surface area contributed by atoms with Crippen molar-refractivity contribution >= 4 is 11.6 Å². The van der Waals surface area contributed by atoms with Crippen molar-refractivity contribution in [2.24, 2.45) is 0 Å². The van der Waals surface area contributed by atoms with E-state index in [0.29, 0.717) is 5.56 Å². The van der Waals surface area contributed by atoms with E-state index >= 15 is 0 Å². The highest BCUT2D eigenvalue weighted by Crippen LogP contribution is 2.12. The Morgan fingerprint density at radius 2 is 2.29 bits per heavy atom. The molecule has 0 aliphatic rings. The smallest absolute Gasteiger partial charge is 0.269 e. The minimum absolute atomic E-state index is 0.0107. The van der Waals surface area contributed by atoms with E-state index in [2.05, 4.69) is 5.32 Å². The van der Waals surface area contributed by atoms with Gasteiger partial charge >= 0.3 is 0 Å². The first kappa shape index (κ1) is 13.1. The number of non-ortho nitro benzene ring substituents is 1. The zero-order valence-electron chi connectivity index (χ0n) is 9.67. The summed E-state index contributed by atoms with van der Waals surface area (Å²) < 4.78 is 4.84. The van der Waals surface area contributed by atoms with Gasteiger partial charge in [-0.15, -0.1) is 0 Å². The second kappa shape index (κ2) is 5.95. The fourth-order valence-corrected chi connectivity index (χ4v) is 1.22. The Hall–Kier alpha value is -1.95. The Kier molecular flexibility index (Phi) is 4.59. The van der Waals surface area contributed by atoms with Gasteiger partial charge in [-0.3, -0.25) is 14.9 Å². The molecule has 0 spiro atoms. The number of rotatable bonds is 5. The lowest BCUT2D eigenvalue weighted by Gasteiger charge is -2.10. The molecule has 17 heavy (non-hydrogen) atoms. The molecular weight excluding hydrogens is 224 g/mol. The molecule has 1 aromatic carbocycles. The lowest BCUT2D eigenvalue weighted by atomic mass is 10.2. The lowest BCUT2D eigenvalue weighted by molar-refractivity contribution is -0.384. The van der Waals surface area contributed by atoms with Crippen LogP contribution < -0.4 is 5.32 Å². The summed E-state index contributed by atoms with van der Waals surface area (Å²) in [6.07, 6.45) is -0.534. The van der Waals surface area contributed by atoms with E-state index in [1.165, 1.54) is 19.2 Å². The summed E-state index contributed by atoms with van der Waals surface area (Å²) in [5.41, 5.74) is 0.687. The zero-order chi connectivity index (χ0) is 12.8. The van der Waals surface area contributed by atoms with E-state index in [1.807, 2.05) is 0 Å². The van der Waals surface area contributed by atoms with Crippen LogP contribution in [0.25, 0.3) is 0 Å². The molecule has 6 nitrogen and oxygen atoms in total. The van der Waals surface area contributed by atoms with Crippen LogP contribution >= 0.6 is 0 Å². The molecule has 1 amide bonds. The number of amides is 1. The number of nitrogens with zero attached hydrogens (tertiary/aromatic N) is 1. The molecule has 0 heterocycles. The summed E-state index contributed by atoms with van der Waals surface area (Å²) in [5.74, 6) is -0.251. The molecule has 1 atom stereocenters. The Balaban J connectivity index is 2.60. The molecule has 0 aromatic heterocycles. The SMILES string of the molecule is COC(C)C(=O)NCc1cccc([N+](=O)[O-])c1. The molecule has 0 fully saturated rings. The Morgan fingerprint density at radius 1 is 1.59 bits per heavy atom. The third kappa shape index (κ3) is 3.84. The number of nitrogens with one attached hydrogen (secondary N) is 1. The molecule has 1 N–H and O–H groups in total. The van der Waals surface area contributed by atoms with Crippen LogP contribution in [0.4, 0.5) is 5.69 Å². The normalized spacial score (nSPS) is 11.9. The molecular formula is C11H14N2O4. The minimum atomic E-state index is -0.534. The molecule has 0 saturated heterocycles. The molecule has 0 aliphatic heterocycles. The van der Waals surface area contributed by atoms with Crippen LogP contribution in [0.3, 0.4) is 0 Å². The van der Waals surface area contributed by atoms with Crippen LogP contribution in [-0.4, -0.2) is 24.0 Å². The summed E-state index contributed by atoms with van der Waals surface area (Å²) in [6, 6.07) is 6.13. The molecule has 0 radical (unpaired) electrons. The molecule has 6 heteroatoms. The van der Waals surface area contributed by atoms with Crippen molar-refractivity contribution < 1.29 is 14.5 Å². The number of carbonyl (C=O) groups excluding carboxylic acids is 1. The van der Waals surface area contributed by atoms with Crippen molar-refractivity contribution in [2.75, 3.05) is 7.11 Å². The summed E-state index contributed by atoms with van der Waals surface area (Å²) in [6.45, 7) is 1.87. The minimum Gasteiger partial charge on any atom is -0.372 e. The monoisotopic (exact) mass is 238 g/mol. The predicted octanol–water partition coefficient (Wildman–Crippen LogP) is 1.25. The molecule has 1 unspecified atom stereocenters. The van der Waals surface area contributed by atoms with Gasteiger partial charge in [0.15, 0.2) is 0 Å². The van der Waals surface area contributed by atoms with Crippen LogP contribution in [-0.2, 0) is 16.1 Å². The number of nitro benzene ring substituents is 1. The van der Waals surface area contributed by atoms with Crippen LogP contribution in [0, 0.1) is 10.1 Å². The van der Waals surface area contributed by atoms with Gasteiger partial charge < -0.3 is 10.1 Å². The van der Waals surface area contributed by atoms with Gasteiger partial charge in [-0.2, -0.15) is 0 Å². The fraction of sp³-hybridized carbons (Fsp3) is 0.364. The first-order valence-corrected chi connectivity index (χ1v) is 5.08. The van der Waals surface area contributed by atoms with Gasteiger partial charge in [0.1, 0.15) is 6.10 Å². The third-order valence-electron chi connectivity index (χ3n) is 2.31. The van der Waals surface area contributed by atoms with Crippen LogP contribution in [0.5, 0.6) is 0 Å². The number of hydrogen-bond acceptors (Lipinski definition) is 4. The van der Waals surface area contributed by atoms with Crippen LogP contribution in [0.1, 0.15) is 12.5 Å². The van der Waals surface area contributed by atoms with Gasteiger partial charge in [-0.1, -0.05) is 12.1 Å². The van der Waals surface area contributed by atoms with Gasteiger partial charge in [0, 0.05) is 25.8 Å². The van der Waals surface area contributed by atoms with E-state index in [-0.39, 0.29) is 18.1 Å². The fourth-order valence-electron chi connectivity index (χ4n) is 1.22. The number of nitro groups is 1. The third-order valence-corrected chi connectivity index (χ3v) is 2.31. The van der Waals surface area contributed by atoms with Crippen molar-refractivity contribution in [1.29, 1.82) is 0 Å². The highest BCUT2D eigenvalue weighted by atomic mass is 16.6. The summed E-state index contributed by atoms with van der Waals surface area (Å²) in [5, 5.41) is 13.2. The number of benzene rings is 1. The Morgan fingerprint density at radius 3 is 2.88 bits per heavy atom. The summed E-state index contributed by atoms with van der Waals surface area (Å²) in [4.78, 5) is 21.5.